The Labute approximate surface area is 117 Å². The molecule has 0 unspecified atom stereocenters. The zero-order valence-corrected chi connectivity index (χ0v) is 11.5. The number of rotatable bonds is 3. The fraction of sp³-hybridized carbons (Fsp3) is 0.429. The van der Waals surface area contributed by atoms with E-state index in [-0.39, 0.29) is 0 Å². The molecule has 3 rings (SSSR count). The number of halogens is 1. The summed E-state index contributed by atoms with van der Waals surface area (Å²) in [7, 11) is 0. The smallest absolute Gasteiger partial charge is 0.172 e. The van der Waals surface area contributed by atoms with Gasteiger partial charge in [-0.3, -0.25) is 0 Å². The highest BCUT2D eigenvalue weighted by molar-refractivity contribution is 6.32. The molecule has 0 saturated carbocycles. The van der Waals surface area contributed by atoms with Crippen molar-refractivity contribution in [3.8, 4) is 0 Å². The predicted molar refractivity (Wildman–Crippen MR) is 78.6 cm³/mol. The molecule has 1 fully saturated rings. The van der Waals surface area contributed by atoms with Gasteiger partial charge in [-0.1, -0.05) is 23.7 Å². The molecule has 1 aliphatic rings. The number of piperidine rings is 1. The van der Waals surface area contributed by atoms with Crippen LogP contribution in [-0.2, 0) is 0 Å². The van der Waals surface area contributed by atoms with Gasteiger partial charge in [-0.15, -0.1) is 0 Å². The van der Waals surface area contributed by atoms with Gasteiger partial charge in [0.1, 0.15) is 0 Å². The van der Waals surface area contributed by atoms with Crippen molar-refractivity contribution in [2.45, 2.75) is 12.8 Å². The van der Waals surface area contributed by atoms with E-state index in [0.717, 1.165) is 30.7 Å². The first-order chi connectivity index (χ1) is 9.33. The van der Waals surface area contributed by atoms with Gasteiger partial charge in [0, 0.05) is 6.54 Å². The maximum atomic E-state index is 6.17. The summed E-state index contributed by atoms with van der Waals surface area (Å²) < 4.78 is 0. The Balaban J connectivity index is 1.74. The Bertz CT molecular complexity index is 566. The number of hydrogen-bond donors (Lipinski definition) is 2. The molecule has 1 aromatic carbocycles. The predicted octanol–water partition coefficient (Wildman–Crippen LogP) is 2.69. The van der Waals surface area contributed by atoms with Crippen LogP contribution < -0.4 is 10.6 Å². The van der Waals surface area contributed by atoms with Crippen LogP contribution in [-0.4, -0.2) is 29.6 Å². The van der Waals surface area contributed by atoms with Crippen LogP contribution in [0.1, 0.15) is 12.8 Å². The summed E-state index contributed by atoms with van der Waals surface area (Å²) >= 11 is 6.17. The molecule has 0 amide bonds. The van der Waals surface area contributed by atoms with Gasteiger partial charge in [-0.2, -0.15) is 0 Å². The highest BCUT2D eigenvalue weighted by atomic mass is 35.5. The maximum absolute atomic E-state index is 6.17. The van der Waals surface area contributed by atoms with Gasteiger partial charge in [0.05, 0.1) is 11.0 Å². The lowest BCUT2D eigenvalue weighted by molar-refractivity contribution is 0.389. The molecule has 2 N–H and O–H groups in total. The summed E-state index contributed by atoms with van der Waals surface area (Å²) in [5.74, 6) is 1.38. The first kappa shape index (κ1) is 12.6. The van der Waals surface area contributed by atoms with Crippen LogP contribution >= 0.6 is 11.6 Å². The average molecular weight is 277 g/mol. The molecule has 100 valence electrons. The summed E-state index contributed by atoms with van der Waals surface area (Å²) in [6.07, 6.45) is 2.40. The van der Waals surface area contributed by atoms with Crippen LogP contribution in [0.5, 0.6) is 0 Å². The van der Waals surface area contributed by atoms with Crippen molar-refractivity contribution >= 4 is 28.5 Å². The number of benzene rings is 1. The van der Waals surface area contributed by atoms with Crippen molar-refractivity contribution < 1.29 is 0 Å². The van der Waals surface area contributed by atoms with Crippen LogP contribution in [0.3, 0.4) is 0 Å². The third kappa shape index (κ3) is 2.96. The molecular weight excluding hydrogens is 260 g/mol. The molecule has 1 saturated heterocycles. The van der Waals surface area contributed by atoms with E-state index in [0.29, 0.717) is 16.9 Å². The van der Waals surface area contributed by atoms with Gasteiger partial charge in [0.25, 0.3) is 0 Å². The fourth-order valence-corrected chi connectivity index (χ4v) is 2.62. The zero-order chi connectivity index (χ0) is 13.1. The third-order valence-corrected chi connectivity index (χ3v) is 3.81. The second kappa shape index (κ2) is 5.72. The molecule has 2 heterocycles. The molecule has 1 aromatic heterocycles. The maximum Gasteiger partial charge on any atom is 0.172 e. The van der Waals surface area contributed by atoms with Crippen LogP contribution in [0.25, 0.3) is 11.0 Å². The van der Waals surface area contributed by atoms with Crippen molar-refractivity contribution in [1.82, 2.24) is 15.3 Å². The second-order valence-corrected chi connectivity index (χ2v) is 5.28. The van der Waals surface area contributed by atoms with Crippen molar-refractivity contribution in [2.75, 3.05) is 25.0 Å². The molecule has 5 heteroatoms. The number of fused-ring (bicyclic) bond motifs is 1. The highest BCUT2D eigenvalue weighted by Crippen LogP contribution is 2.22. The van der Waals surface area contributed by atoms with E-state index in [4.69, 9.17) is 11.6 Å². The van der Waals surface area contributed by atoms with Gasteiger partial charge < -0.3 is 10.6 Å². The van der Waals surface area contributed by atoms with E-state index >= 15 is 0 Å². The molecule has 0 spiro atoms. The summed E-state index contributed by atoms with van der Waals surface area (Å²) in [5.41, 5.74) is 1.71. The number of para-hydroxylation sites is 2. The van der Waals surface area contributed by atoms with Crippen LogP contribution in [0.15, 0.2) is 24.3 Å². The molecule has 1 aliphatic heterocycles. The van der Waals surface area contributed by atoms with Crippen LogP contribution in [0.4, 0.5) is 5.82 Å². The summed E-state index contributed by atoms with van der Waals surface area (Å²) in [4.78, 5) is 8.91. The van der Waals surface area contributed by atoms with E-state index < -0.39 is 0 Å². The summed E-state index contributed by atoms with van der Waals surface area (Å²) in [6.45, 7) is 3.11. The van der Waals surface area contributed by atoms with E-state index in [1.807, 2.05) is 24.3 Å². The zero-order valence-electron chi connectivity index (χ0n) is 10.7. The molecule has 0 bridgehead atoms. The van der Waals surface area contributed by atoms with Crippen LogP contribution in [0.2, 0.25) is 5.15 Å². The van der Waals surface area contributed by atoms with Crippen molar-refractivity contribution in [1.29, 1.82) is 0 Å². The molecule has 0 radical (unpaired) electrons. The number of anilines is 1. The van der Waals surface area contributed by atoms with Crippen molar-refractivity contribution in [3.63, 3.8) is 0 Å². The summed E-state index contributed by atoms with van der Waals surface area (Å²) in [5, 5.41) is 7.16. The molecule has 0 atom stereocenters. The minimum Gasteiger partial charge on any atom is -0.367 e. The van der Waals surface area contributed by atoms with Crippen molar-refractivity contribution in [3.05, 3.63) is 29.4 Å². The highest BCUT2D eigenvalue weighted by Gasteiger charge is 2.14. The number of hydrogen-bond acceptors (Lipinski definition) is 4. The monoisotopic (exact) mass is 276 g/mol. The molecular formula is C14H17ClN4. The summed E-state index contributed by atoms with van der Waals surface area (Å²) in [6, 6.07) is 7.77. The van der Waals surface area contributed by atoms with E-state index in [1.165, 1.54) is 12.8 Å². The van der Waals surface area contributed by atoms with Crippen molar-refractivity contribution in [2.24, 2.45) is 5.92 Å². The standard InChI is InChI=1S/C14H17ClN4/c15-13-14(17-9-10-5-7-16-8-6-10)19-12-4-2-1-3-11(12)18-13/h1-4,10,16H,5-9H2,(H,17,19). The Morgan fingerprint density at radius 3 is 2.58 bits per heavy atom. The Morgan fingerprint density at radius 2 is 1.84 bits per heavy atom. The number of nitrogens with zero attached hydrogens (tertiary/aromatic N) is 2. The lowest BCUT2D eigenvalue weighted by Crippen LogP contribution is -2.31. The minimum absolute atomic E-state index is 0.452. The quantitative estimate of drug-likeness (QED) is 0.905. The number of nitrogens with one attached hydrogen (secondary N) is 2. The lowest BCUT2D eigenvalue weighted by Gasteiger charge is -2.23. The SMILES string of the molecule is Clc1nc2ccccc2nc1NCC1CCNCC1. The molecule has 0 aliphatic carbocycles. The first-order valence-electron chi connectivity index (χ1n) is 6.70. The van der Waals surface area contributed by atoms with E-state index in [9.17, 15) is 0 Å². The lowest BCUT2D eigenvalue weighted by atomic mass is 9.98. The van der Waals surface area contributed by atoms with E-state index in [1.54, 1.807) is 0 Å². The molecule has 4 nitrogen and oxygen atoms in total. The molecule has 19 heavy (non-hydrogen) atoms. The topological polar surface area (TPSA) is 49.8 Å². The molecule has 2 aromatic rings. The normalized spacial score (nSPS) is 16.7. The number of aromatic nitrogens is 2. The van der Waals surface area contributed by atoms with Gasteiger partial charge in [0.2, 0.25) is 0 Å². The first-order valence-corrected chi connectivity index (χ1v) is 7.07. The Kier molecular flexibility index (Phi) is 3.80. The Hall–Kier alpha value is -1.39. The van der Waals surface area contributed by atoms with Crippen LogP contribution in [0, 0.1) is 5.92 Å². The average Bonchev–Trinajstić information content (AvgIpc) is 2.46. The second-order valence-electron chi connectivity index (χ2n) is 4.93. The Morgan fingerprint density at radius 1 is 1.16 bits per heavy atom. The largest absolute Gasteiger partial charge is 0.367 e. The van der Waals surface area contributed by atoms with E-state index in [2.05, 4.69) is 20.6 Å². The third-order valence-electron chi connectivity index (χ3n) is 3.54. The van der Waals surface area contributed by atoms with Gasteiger partial charge in [-0.25, -0.2) is 9.97 Å². The van der Waals surface area contributed by atoms with Gasteiger partial charge >= 0.3 is 0 Å². The van der Waals surface area contributed by atoms with Gasteiger partial charge in [-0.05, 0) is 44.0 Å². The van der Waals surface area contributed by atoms with Gasteiger partial charge in [0.15, 0.2) is 11.0 Å². The minimum atomic E-state index is 0.452. The fourth-order valence-electron chi connectivity index (χ4n) is 2.42.